The van der Waals surface area contributed by atoms with Crippen molar-refractivity contribution in [1.29, 1.82) is 0 Å². The van der Waals surface area contributed by atoms with Gasteiger partial charge in [0.25, 0.3) is 0 Å². The van der Waals surface area contributed by atoms with Crippen molar-refractivity contribution in [3.05, 3.63) is 17.2 Å². The van der Waals surface area contributed by atoms with Crippen molar-refractivity contribution in [2.24, 2.45) is 0 Å². The number of anilines is 2. The van der Waals surface area contributed by atoms with Crippen LogP contribution in [0, 0.1) is 0 Å². The number of hydrogen-bond donors (Lipinski definition) is 2. The van der Waals surface area contributed by atoms with Gasteiger partial charge in [-0.2, -0.15) is 0 Å². The van der Waals surface area contributed by atoms with E-state index in [9.17, 15) is 5.11 Å². The molecule has 0 spiro atoms. The molecular weight excluding hydrogens is 200 g/mol. The lowest BCUT2D eigenvalue weighted by Crippen LogP contribution is -2.19. The molecule has 0 heterocycles. The van der Waals surface area contributed by atoms with Gasteiger partial charge in [0, 0.05) is 25.7 Å². The van der Waals surface area contributed by atoms with Crippen LogP contribution in [0.1, 0.15) is 13.3 Å². The molecule has 1 aromatic rings. The van der Waals surface area contributed by atoms with Crippen LogP contribution in [-0.2, 0) is 0 Å². The Morgan fingerprint density at radius 1 is 1.50 bits per heavy atom. The maximum atomic E-state index is 9.25. The van der Waals surface area contributed by atoms with Crippen LogP contribution in [-0.4, -0.2) is 18.7 Å². The van der Waals surface area contributed by atoms with Gasteiger partial charge in [0.05, 0.1) is 16.4 Å². The lowest BCUT2D eigenvalue weighted by Gasteiger charge is -2.21. The van der Waals surface area contributed by atoms with Crippen molar-refractivity contribution in [1.82, 2.24) is 0 Å². The summed E-state index contributed by atoms with van der Waals surface area (Å²) in [6, 6.07) is 3.01. The summed E-state index contributed by atoms with van der Waals surface area (Å²) in [5.74, 6) is 0.0983. The third kappa shape index (κ3) is 2.23. The highest BCUT2D eigenvalue weighted by molar-refractivity contribution is 6.34. The Balaban J connectivity index is 3.07. The number of hydrogen-bond acceptors (Lipinski definition) is 3. The van der Waals surface area contributed by atoms with Crippen LogP contribution in [0.25, 0.3) is 0 Å². The summed E-state index contributed by atoms with van der Waals surface area (Å²) in [5, 5.41) is 9.73. The van der Waals surface area contributed by atoms with Crippen LogP contribution >= 0.6 is 11.6 Å². The second-order valence-corrected chi connectivity index (χ2v) is 3.69. The summed E-state index contributed by atoms with van der Waals surface area (Å²) < 4.78 is 0. The van der Waals surface area contributed by atoms with E-state index < -0.39 is 0 Å². The Bertz CT molecular complexity index is 305. The van der Waals surface area contributed by atoms with Crippen LogP contribution in [0.5, 0.6) is 5.75 Å². The Hall–Kier alpha value is -1.09. The molecule has 1 rings (SSSR count). The van der Waals surface area contributed by atoms with Gasteiger partial charge in [-0.15, -0.1) is 0 Å². The van der Waals surface area contributed by atoms with Crippen molar-refractivity contribution in [2.75, 3.05) is 24.2 Å². The predicted octanol–water partition coefficient (Wildman–Crippen LogP) is 2.47. The number of benzene rings is 1. The van der Waals surface area contributed by atoms with E-state index >= 15 is 0 Å². The molecule has 0 saturated carbocycles. The molecule has 1 aromatic carbocycles. The molecule has 0 aliphatic rings. The van der Waals surface area contributed by atoms with Crippen molar-refractivity contribution in [3.63, 3.8) is 0 Å². The molecule has 4 heteroatoms. The SMILES string of the molecule is CCCN(C)c1c(N)cc(O)cc1Cl. The van der Waals surface area contributed by atoms with E-state index in [0.717, 1.165) is 18.7 Å². The van der Waals surface area contributed by atoms with Crippen LogP contribution in [0.3, 0.4) is 0 Å². The van der Waals surface area contributed by atoms with Crippen molar-refractivity contribution < 1.29 is 5.11 Å². The largest absolute Gasteiger partial charge is 0.508 e. The zero-order valence-corrected chi connectivity index (χ0v) is 9.17. The summed E-state index contributed by atoms with van der Waals surface area (Å²) in [5.41, 5.74) is 7.06. The molecule has 0 atom stereocenters. The van der Waals surface area contributed by atoms with Crippen LogP contribution in [0.4, 0.5) is 11.4 Å². The Kier molecular flexibility index (Phi) is 3.47. The number of phenols is 1. The van der Waals surface area contributed by atoms with Crippen LogP contribution < -0.4 is 10.6 Å². The normalized spacial score (nSPS) is 10.2. The number of aromatic hydroxyl groups is 1. The number of nitrogens with zero attached hydrogens (tertiary/aromatic N) is 1. The number of nitrogen functional groups attached to an aromatic ring is 1. The molecule has 0 fully saturated rings. The fraction of sp³-hybridized carbons (Fsp3) is 0.400. The van der Waals surface area contributed by atoms with Gasteiger partial charge in [0.1, 0.15) is 5.75 Å². The quantitative estimate of drug-likeness (QED) is 0.761. The van der Waals surface area contributed by atoms with E-state index in [0.29, 0.717) is 10.7 Å². The average Bonchev–Trinajstić information content (AvgIpc) is 2.01. The molecule has 0 amide bonds. The third-order valence-electron chi connectivity index (χ3n) is 2.02. The highest BCUT2D eigenvalue weighted by Crippen LogP contribution is 2.35. The lowest BCUT2D eigenvalue weighted by molar-refractivity contribution is 0.475. The van der Waals surface area contributed by atoms with Gasteiger partial charge in [0.15, 0.2) is 0 Å². The van der Waals surface area contributed by atoms with E-state index in [4.69, 9.17) is 17.3 Å². The van der Waals surface area contributed by atoms with E-state index in [1.165, 1.54) is 12.1 Å². The van der Waals surface area contributed by atoms with E-state index in [2.05, 4.69) is 6.92 Å². The van der Waals surface area contributed by atoms with Gasteiger partial charge in [-0.1, -0.05) is 18.5 Å². The first kappa shape index (κ1) is 11.0. The average molecular weight is 215 g/mol. The zero-order chi connectivity index (χ0) is 10.7. The number of halogens is 1. The van der Waals surface area contributed by atoms with Gasteiger partial charge in [0.2, 0.25) is 0 Å². The van der Waals surface area contributed by atoms with Gasteiger partial charge >= 0.3 is 0 Å². The molecule has 3 nitrogen and oxygen atoms in total. The molecule has 3 N–H and O–H groups in total. The first-order chi connectivity index (χ1) is 6.56. The fourth-order valence-electron chi connectivity index (χ4n) is 1.46. The number of nitrogens with two attached hydrogens (primary N) is 1. The van der Waals surface area contributed by atoms with E-state index in [-0.39, 0.29) is 5.75 Å². The summed E-state index contributed by atoms with van der Waals surface area (Å²) in [6.45, 7) is 2.97. The molecule has 78 valence electrons. The van der Waals surface area contributed by atoms with E-state index in [1.807, 2.05) is 11.9 Å². The topological polar surface area (TPSA) is 49.5 Å². The third-order valence-corrected chi connectivity index (χ3v) is 2.31. The fourth-order valence-corrected chi connectivity index (χ4v) is 1.82. The monoisotopic (exact) mass is 214 g/mol. The molecule has 0 aromatic heterocycles. The summed E-state index contributed by atoms with van der Waals surface area (Å²) >= 11 is 5.98. The lowest BCUT2D eigenvalue weighted by atomic mass is 10.2. The molecule has 0 aliphatic heterocycles. The second-order valence-electron chi connectivity index (χ2n) is 3.29. The molecule has 0 bridgehead atoms. The highest BCUT2D eigenvalue weighted by Gasteiger charge is 2.10. The Labute approximate surface area is 89.1 Å². The minimum Gasteiger partial charge on any atom is -0.508 e. The van der Waals surface area contributed by atoms with Gasteiger partial charge in [-0.05, 0) is 6.42 Å². The molecule has 14 heavy (non-hydrogen) atoms. The maximum absolute atomic E-state index is 9.25. The van der Waals surface area contributed by atoms with Crippen molar-refractivity contribution in [2.45, 2.75) is 13.3 Å². The standard InChI is InChI=1S/C10H15ClN2O/c1-3-4-13(2)10-8(11)5-7(14)6-9(10)12/h5-6,14H,3-4,12H2,1-2H3. The number of phenolic OH excluding ortho intramolecular Hbond substituents is 1. The van der Waals surface area contributed by atoms with Gasteiger partial charge in [-0.3, -0.25) is 0 Å². The highest BCUT2D eigenvalue weighted by atomic mass is 35.5. The van der Waals surface area contributed by atoms with E-state index in [1.54, 1.807) is 0 Å². The summed E-state index contributed by atoms with van der Waals surface area (Å²) in [7, 11) is 1.93. The molecule has 0 aliphatic carbocycles. The van der Waals surface area contributed by atoms with Crippen LogP contribution in [0.15, 0.2) is 12.1 Å². The first-order valence-electron chi connectivity index (χ1n) is 4.55. The van der Waals surface area contributed by atoms with Crippen LogP contribution in [0.2, 0.25) is 5.02 Å². The molecule has 0 unspecified atom stereocenters. The summed E-state index contributed by atoms with van der Waals surface area (Å²) in [4.78, 5) is 1.98. The van der Waals surface area contributed by atoms with Gasteiger partial charge < -0.3 is 15.7 Å². The maximum Gasteiger partial charge on any atom is 0.119 e. The minimum absolute atomic E-state index is 0.0983. The zero-order valence-electron chi connectivity index (χ0n) is 8.42. The van der Waals surface area contributed by atoms with Gasteiger partial charge in [-0.25, -0.2) is 0 Å². The Morgan fingerprint density at radius 3 is 2.64 bits per heavy atom. The molecule has 0 saturated heterocycles. The first-order valence-corrected chi connectivity index (χ1v) is 4.93. The second kappa shape index (κ2) is 4.42. The Morgan fingerprint density at radius 2 is 2.14 bits per heavy atom. The summed E-state index contributed by atoms with van der Waals surface area (Å²) in [6.07, 6.45) is 1.02. The van der Waals surface area contributed by atoms with Crippen molar-refractivity contribution in [3.8, 4) is 5.75 Å². The predicted molar refractivity (Wildman–Crippen MR) is 61.1 cm³/mol. The molecular formula is C10H15ClN2O. The minimum atomic E-state index is 0.0983. The van der Waals surface area contributed by atoms with Crippen molar-refractivity contribution >= 4 is 23.0 Å². The number of rotatable bonds is 3. The molecule has 0 radical (unpaired) electrons. The smallest absolute Gasteiger partial charge is 0.119 e.